The second kappa shape index (κ2) is 4.72. The van der Waals surface area contributed by atoms with Crippen molar-refractivity contribution < 1.29 is 14.6 Å². The first-order chi connectivity index (χ1) is 6.58. The summed E-state index contributed by atoms with van der Waals surface area (Å²) in [5.41, 5.74) is 4.72. The van der Waals surface area contributed by atoms with Gasteiger partial charge in [0.1, 0.15) is 5.54 Å². The van der Waals surface area contributed by atoms with Crippen molar-refractivity contribution >= 4 is 5.97 Å². The van der Waals surface area contributed by atoms with Crippen LogP contribution < -0.4 is 5.73 Å². The molecule has 0 aromatic rings. The van der Waals surface area contributed by atoms with Crippen LogP contribution in [0, 0.1) is 0 Å². The minimum atomic E-state index is -1.01. The summed E-state index contributed by atoms with van der Waals surface area (Å²) in [6, 6.07) is 0. The summed E-state index contributed by atoms with van der Waals surface area (Å²) in [6.45, 7) is 3.02. The Morgan fingerprint density at radius 1 is 1.57 bits per heavy atom. The summed E-state index contributed by atoms with van der Waals surface area (Å²) in [5, 5.41) is 8.89. The SMILES string of the molecule is COCCN1CCC(N)(C(=O)O)CC1. The average molecular weight is 202 g/mol. The number of likely N-dealkylation sites (tertiary alicyclic amines) is 1. The average Bonchev–Trinajstić information content (AvgIpc) is 2.17. The van der Waals surface area contributed by atoms with Crippen LogP contribution in [0.1, 0.15) is 12.8 Å². The molecule has 0 unspecified atom stereocenters. The minimum absolute atomic E-state index is 0.520. The Bertz CT molecular complexity index is 200. The van der Waals surface area contributed by atoms with E-state index in [2.05, 4.69) is 4.90 Å². The van der Waals surface area contributed by atoms with Gasteiger partial charge in [-0.15, -0.1) is 0 Å². The number of aliphatic carboxylic acids is 1. The van der Waals surface area contributed by atoms with Crippen LogP contribution in [0.4, 0.5) is 0 Å². The summed E-state index contributed by atoms with van der Waals surface area (Å²) in [4.78, 5) is 13.0. The van der Waals surface area contributed by atoms with Crippen LogP contribution in [0.15, 0.2) is 0 Å². The Morgan fingerprint density at radius 2 is 2.14 bits per heavy atom. The largest absolute Gasteiger partial charge is 0.480 e. The smallest absolute Gasteiger partial charge is 0.323 e. The predicted molar refractivity (Wildman–Crippen MR) is 52.1 cm³/mol. The number of ether oxygens (including phenoxy) is 1. The zero-order chi connectivity index (χ0) is 10.6. The van der Waals surface area contributed by atoms with Gasteiger partial charge in [0.15, 0.2) is 0 Å². The van der Waals surface area contributed by atoms with E-state index in [1.165, 1.54) is 0 Å². The Kier molecular flexibility index (Phi) is 3.86. The van der Waals surface area contributed by atoms with E-state index < -0.39 is 11.5 Å². The van der Waals surface area contributed by atoms with E-state index in [1.807, 2.05) is 0 Å². The molecule has 1 aliphatic heterocycles. The molecule has 1 rings (SSSR count). The van der Waals surface area contributed by atoms with E-state index in [-0.39, 0.29) is 0 Å². The van der Waals surface area contributed by atoms with Gasteiger partial charge in [0, 0.05) is 26.7 Å². The number of nitrogens with zero attached hydrogens (tertiary/aromatic N) is 1. The van der Waals surface area contributed by atoms with Crippen molar-refractivity contribution in [1.82, 2.24) is 4.90 Å². The molecule has 0 saturated carbocycles. The molecule has 5 nitrogen and oxygen atoms in total. The molecule has 0 aromatic carbocycles. The van der Waals surface area contributed by atoms with Crippen LogP contribution in [-0.4, -0.2) is 54.9 Å². The van der Waals surface area contributed by atoms with E-state index in [1.54, 1.807) is 7.11 Å². The highest BCUT2D eigenvalue weighted by Crippen LogP contribution is 2.19. The summed E-state index contributed by atoms with van der Waals surface area (Å²) in [7, 11) is 1.66. The summed E-state index contributed by atoms with van der Waals surface area (Å²) >= 11 is 0. The summed E-state index contributed by atoms with van der Waals surface area (Å²) < 4.78 is 4.95. The molecule has 0 bridgehead atoms. The van der Waals surface area contributed by atoms with Gasteiger partial charge in [-0.1, -0.05) is 0 Å². The minimum Gasteiger partial charge on any atom is -0.480 e. The van der Waals surface area contributed by atoms with Crippen LogP contribution >= 0.6 is 0 Å². The molecule has 1 aliphatic rings. The van der Waals surface area contributed by atoms with Crippen LogP contribution in [0.5, 0.6) is 0 Å². The van der Waals surface area contributed by atoms with Gasteiger partial charge in [-0.05, 0) is 12.8 Å². The number of rotatable bonds is 4. The zero-order valence-electron chi connectivity index (χ0n) is 8.53. The lowest BCUT2D eigenvalue weighted by Crippen LogP contribution is -2.55. The van der Waals surface area contributed by atoms with E-state index in [4.69, 9.17) is 15.6 Å². The highest BCUT2D eigenvalue weighted by molar-refractivity contribution is 5.78. The number of carboxylic acid groups (broad SMARTS) is 1. The highest BCUT2D eigenvalue weighted by atomic mass is 16.5. The van der Waals surface area contributed by atoms with Crippen LogP contribution in [-0.2, 0) is 9.53 Å². The Labute approximate surface area is 83.8 Å². The van der Waals surface area contributed by atoms with Crippen molar-refractivity contribution in [3.05, 3.63) is 0 Å². The van der Waals surface area contributed by atoms with Crippen molar-refractivity contribution in [3.8, 4) is 0 Å². The van der Waals surface area contributed by atoms with Crippen molar-refractivity contribution in [1.29, 1.82) is 0 Å². The molecule has 0 atom stereocenters. The van der Waals surface area contributed by atoms with E-state index in [0.29, 0.717) is 19.4 Å². The third-order valence-electron chi connectivity index (χ3n) is 2.79. The van der Waals surface area contributed by atoms with Gasteiger partial charge in [0.05, 0.1) is 6.61 Å². The lowest BCUT2D eigenvalue weighted by molar-refractivity contribution is -0.145. The molecular formula is C9H18N2O3. The summed E-state index contributed by atoms with van der Waals surface area (Å²) in [6.07, 6.45) is 1.04. The Morgan fingerprint density at radius 3 is 2.57 bits per heavy atom. The number of carbonyl (C=O) groups is 1. The normalized spacial score (nSPS) is 22.1. The highest BCUT2D eigenvalue weighted by Gasteiger charge is 2.37. The zero-order valence-corrected chi connectivity index (χ0v) is 8.53. The third-order valence-corrected chi connectivity index (χ3v) is 2.79. The molecule has 82 valence electrons. The maximum Gasteiger partial charge on any atom is 0.323 e. The lowest BCUT2D eigenvalue weighted by Gasteiger charge is -2.35. The second-order valence-corrected chi connectivity index (χ2v) is 3.80. The molecule has 0 aliphatic carbocycles. The van der Waals surface area contributed by atoms with Crippen molar-refractivity contribution in [2.75, 3.05) is 33.4 Å². The molecule has 1 saturated heterocycles. The number of hydrogen-bond donors (Lipinski definition) is 2. The standard InChI is InChI=1S/C9H18N2O3/c1-14-7-6-11-4-2-9(10,3-5-11)8(12)13/h2-7,10H2,1H3,(H,12,13). The van der Waals surface area contributed by atoms with Gasteiger partial charge in [-0.3, -0.25) is 4.79 Å². The van der Waals surface area contributed by atoms with Gasteiger partial charge in [-0.2, -0.15) is 0 Å². The fraction of sp³-hybridized carbons (Fsp3) is 0.889. The quantitative estimate of drug-likeness (QED) is 0.643. The maximum absolute atomic E-state index is 10.8. The number of piperidine rings is 1. The molecule has 1 heterocycles. The topological polar surface area (TPSA) is 75.8 Å². The number of hydrogen-bond acceptors (Lipinski definition) is 4. The molecule has 0 aromatic heterocycles. The van der Waals surface area contributed by atoms with Gasteiger partial charge >= 0.3 is 5.97 Å². The van der Waals surface area contributed by atoms with Crippen molar-refractivity contribution in [3.63, 3.8) is 0 Å². The van der Waals surface area contributed by atoms with Crippen LogP contribution in [0.3, 0.4) is 0 Å². The molecule has 1 fully saturated rings. The van der Waals surface area contributed by atoms with Crippen molar-refractivity contribution in [2.24, 2.45) is 5.73 Å². The van der Waals surface area contributed by atoms with E-state index in [0.717, 1.165) is 19.6 Å². The van der Waals surface area contributed by atoms with Gasteiger partial charge in [0.2, 0.25) is 0 Å². The molecule has 0 amide bonds. The predicted octanol–water partition coefficient (Wildman–Crippen LogP) is -0.489. The molecular weight excluding hydrogens is 184 g/mol. The first kappa shape index (κ1) is 11.4. The first-order valence-corrected chi connectivity index (χ1v) is 4.82. The van der Waals surface area contributed by atoms with E-state index >= 15 is 0 Å². The molecule has 3 N–H and O–H groups in total. The van der Waals surface area contributed by atoms with Crippen LogP contribution in [0.2, 0.25) is 0 Å². The molecule has 0 radical (unpaired) electrons. The first-order valence-electron chi connectivity index (χ1n) is 4.82. The fourth-order valence-electron chi connectivity index (χ4n) is 1.61. The van der Waals surface area contributed by atoms with E-state index in [9.17, 15) is 4.79 Å². The molecule has 14 heavy (non-hydrogen) atoms. The third kappa shape index (κ3) is 2.67. The summed E-state index contributed by atoms with van der Waals surface area (Å²) in [5.74, 6) is -0.885. The molecule has 5 heteroatoms. The number of carboxylic acids is 1. The van der Waals surface area contributed by atoms with Gasteiger partial charge in [0.25, 0.3) is 0 Å². The lowest BCUT2D eigenvalue weighted by atomic mass is 9.89. The maximum atomic E-state index is 10.8. The van der Waals surface area contributed by atoms with Crippen molar-refractivity contribution in [2.45, 2.75) is 18.4 Å². The number of methoxy groups -OCH3 is 1. The number of nitrogens with two attached hydrogens (primary N) is 1. The van der Waals surface area contributed by atoms with Gasteiger partial charge < -0.3 is 20.5 Å². The second-order valence-electron chi connectivity index (χ2n) is 3.80. The Balaban J connectivity index is 2.34. The van der Waals surface area contributed by atoms with Gasteiger partial charge in [-0.25, -0.2) is 0 Å². The Hall–Kier alpha value is -0.650. The van der Waals surface area contributed by atoms with Crippen LogP contribution in [0.25, 0.3) is 0 Å². The molecule has 0 spiro atoms. The fourth-order valence-corrected chi connectivity index (χ4v) is 1.61. The monoisotopic (exact) mass is 202 g/mol.